The molecule has 0 fully saturated rings. The van der Waals surface area contributed by atoms with E-state index in [2.05, 4.69) is 25.4 Å². The normalized spacial score (nSPS) is 10.9. The molecule has 0 aliphatic carbocycles. The van der Waals surface area contributed by atoms with E-state index in [0.29, 0.717) is 29.8 Å². The number of benzene rings is 1. The van der Waals surface area contributed by atoms with Gasteiger partial charge in [0.05, 0.1) is 32.2 Å². The monoisotopic (exact) mass is 390 g/mol. The minimum atomic E-state index is 0.539. The first-order chi connectivity index (χ1) is 14.1. The van der Waals surface area contributed by atoms with Crippen molar-refractivity contribution in [3.05, 3.63) is 59.8 Å². The number of aromatic nitrogens is 5. The molecule has 1 N–H and O–H groups in total. The predicted octanol–water partition coefficient (Wildman–Crippen LogP) is 3.43. The van der Waals surface area contributed by atoms with Crippen molar-refractivity contribution < 1.29 is 9.47 Å². The van der Waals surface area contributed by atoms with Gasteiger partial charge in [0.2, 0.25) is 5.95 Å². The van der Waals surface area contributed by atoms with E-state index in [-0.39, 0.29) is 0 Å². The van der Waals surface area contributed by atoms with E-state index in [1.165, 1.54) is 0 Å². The highest BCUT2D eigenvalue weighted by Crippen LogP contribution is 2.35. The zero-order valence-electron chi connectivity index (χ0n) is 16.8. The van der Waals surface area contributed by atoms with E-state index >= 15 is 0 Å². The van der Waals surface area contributed by atoms with Crippen molar-refractivity contribution in [2.45, 2.75) is 20.4 Å². The molecule has 148 valence electrons. The van der Waals surface area contributed by atoms with Crippen LogP contribution in [0.4, 0.5) is 5.95 Å². The van der Waals surface area contributed by atoms with E-state index in [4.69, 9.17) is 9.47 Å². The molecule has 0 bridgehead atoms. The van der Waals surface area contributed by atoms with E-state index in [0.717, 1.165) is 28.2 Å². The van der Waals surface area contributed by atoms with E-state index in [1.807, 2.05) is 50.2 Å². The highest BCUT2D eigenvalue weighted by atomic mass is 16.5. The van der Waals surface area contributed by atoms with Crippen molar-refractivity contribution in [2.24, 2.45) is 0 Å². The quantitative estimate of drug-likeness (QED) is 0.540. The Labute approximate surface area is 168 Å². The van der Waals surface area contributed by atoms with Crippen molar-refractivity contribution in [3.8, 4) is 22.6 Å². The molecule has 29 heavy (non-hydrogen) atoms. The fourth-order valence-corrected chi connectivity index (χ4v) is 3.26. The largest absolute Gasteiger partial charge is 0.493 e. The third kappa shape index (κ3) is 3.56. The lowest BCUT2D eigenvalue weighted by Crippen LogP contribution is -2.10. The Morgan fingerprint density at radius 3 is 2.55 bits per heavy atom. The summed E-state index contributed by atoms with van der Waals surface area (Å²) in [6.45, 7) is 4.36. The molecular formula is C21H22N6O2. The molecule has 3 heterocycles. The number of methoxy groups -OCH3 is 2. The Hall–Kier alpha value is -3.68. The van der Waals surface area contributed by atoms with Crippen molar-refractivity contribution in [1.82, 2.24) is 24.6 Å². The highest BCUT2D eigenvalue weighted by Gasteiger charge is 2.18. The first kappa shape index (κ1) is 18.7. The van der Waals surface area contributed by atoms with Gasteiger partial charge in [0, 0.05) is 11.8 Å². The number of rotatable bonds is 6. The highest BCUT2D eigenvalue weighted by molar-refractivity contribution is 5.81. The summed E-state index contributed by atoms with van der Waals surface area (Å²) >= 11 is 0. The average Bonchev–Trinajstić information content (AvgIpc) is 3.07. The topological polar surface area (TPSA) is 86.5 Å². The van der Waals surface area contributed by atoms with Gasteiger partial charge in [-0.05, 0) is 43.7 Å². The number of ether oxygens (including phenoxy) is 2. The van der Waals surface area contributed by atoms with Gasteiger partial charge in [0.25, 0.3) is 0 Å². The molecular weight excluding hydrogens is 368 g/mol. The van der Waals surface area contributed by atoms with Crippen LogP contribution in [0.5, 0.6) is 11.5 Å². The summed E-state index contributed by atoms with van der Waals surface area (Å²) in [7, 11) is 3.24. The molecule has 1 aromatic carbocycles. The van der Waals surface area contributed by atoms with Crippen LogP contribution in [0.15, 0.2) is 42.6 Å². The molecule has 0 aliphatic heterocycles. The molecule has 0 saturated heterocycles. The van der Waals surface area contributed by atoms with Crippen LogP contribution >= 0.6 is 0 Å². The standard InChI is InChI=1S/C21H22N6O2/c1-13-19(15-8-9-17(28-3)18(11-15)29-4)20-24-14(2)25-21(27(20)26-13)23-12-16-7-5-6-10-22-16/h5-11H,12H2,1-4H3,(H,23,24,25). The molecule has 0 spiro atoms. The molecule has 0 radical (unpaired) electrons. The Morgan fingerprint density at radius 2 is 1.83 bits per heavy atom. The summed E-state index contributed by atoms with van der Waals surface area (Å²) in [4.78, 5) is 13.5. The molecule has 4 aromatic rings. The molecule has 0 unspecified atom stereocenters. The smallest absolute Gasteiger partial charge is 0.227 e. The number of hydrogen-bond acceptors (Lipinski definition) is 7. The molecule has 3 aromatic heterocycles. The first-order valence-electron chi connectivity index (χ1n) is 9.21. The maximum atomic E-state index is 5.46. The number of nitrogens with zero attached hydrogens (tertiary/aromatic N) is 5. The second-order valence-corrected chi connectivity index (χ2v) is 6.53. The maximum Gasteiger partial charge on any atom is 0.227 e. The number of pyridine rings is 1. The van der Waals surface area contributed by atoms with Gasteiger partial charge < -0.3 is 14.8 Å². The number of anilines is 1. The third-order valence-corrected chi connectivity index (χ3v) is 4.60. The van der Waals surface area contributed by atoms with Crippen LogP contribution < -0.4 is 14.8 Å². The van der Waals surface area contributed by atoms with Crippen molar-refractivity contribution >= 4 is 11.6 Å². The SMILES string of the molecule is COc1ccc(-c2c(C)nn3c(NCc4ccccn4)nc(C)nc23)cc1OC. The van der Waals surface area contributed by atoms with Crippen LogP contribution in [-0.4, -0.2) is 38.8 Å². The van der Waals surface area contributed by atoms with Gasteiger partial charge >= 0.3 is 0 Å². The summed E-state index contributed by atoms with van der Waals surface area (Å²) < 4.78 is 12.5. The van der Waals surface area contributed by atoms with Crippen molar-refractivity contribution in [3.63, 3.8) is 0 Å². The molecule has 0 aliphatic rings. The van der Waals surface area contributed by atoms with Gasteiger partial charge in [-0.3, -0.25) is 4.98 Å². The van der Waals surface area contributed by atoms with Crippen molar-refractivity contribution in [1.29, 1.82) is 0 Å². The molecule has 0 amide bonds. The first-order valence-corrected chi connectivity index (χ1v) is 9.21. The summed E-state index contributed by atoms with van der Waals surface area (Å²) in [6, 6.07) is 11.6. The summed E-state index contributed by atoms with van der Waals surface area (Å²) in [6.07, 6.45) is 1.77. The number of fused-ring (bicyclic) bond motifs is 1. The van der Waals surface area contributed by atoms with Crippen LogP contribution in [-0.2, 0) is 6.54 Å². The van der Waals surface area contributed by atoms with E-state index < -0.39 is 0 Å². The Bertz CT molecular complexity index is 1160. The van der Waals surface area contributed by atoms with Crippen LogP contribution in [0.1, 0.15) is 17.2 Å². The summed E-state index contributed by atoms with van der Waals surface area (Å²) in [5.41, 5.74) is 4.37. The minimum Gasteiger partial charge on any atom is -0.493 e. The van der Waals surface area contributed by atoms with Crippen LogP contribution in [0.25, 0.3) is 16.8 Å². The third-order valence-electron chi connectivity index (χ3n) is 4.60. The minimum absolute atomic E-state index is 0.539. The lowest BCUT2D eigenvalue weighted by Gasteiger charge is -2.10. The van der Waals surface area contributed by atoms with E-state index in [9.17, 15) is 0 Å². The Balaban J connectivity index is 1.79. The second kappa shape index (κ2) is 7.75. The molecule has 4 rings (SSSR count). The fourth-order valence-electron chi connectivity index (χ4n) is 3.26. The predicted molar refractivity (Wildman–Crippen MR) is 110 cm³/mol. The van der Waals surface area contributed by atoms with Gasteiger partial charge in [-0.15, -0.1) is 0 Å². The van der Waals surface area contributed by atoms with Gasteiger partial charge in [-0.25, -0.2) is 4.98 Å². The number of aryl methyl sites for hydroxylation is 2. The molecule has 0 saturated carbocycles. The van der Waals surface area contributed by atoms with Crippen LogP contribution in [0, 0.1) is 13.8 Å². The molecule has 0 atom stereocenters. The lowest BCUT2D eigenvalue weighted by atomic mass is 10.1. The van der Waals surface area contributed by atoms with Gasteiger partial charge in [0.15, 0.2) is 17.1 Å². The van der Waals surface area contributed by atoms with Gasteiger partial charge in [-0.1, -0.05) is 12.1 Å². The number of nitrogens with one attached hydrogen (secondary N) is 1. The Kier molecular flexibility index (Phi) is 4.99. The summed E-state index contributed by atoms with van der Waals surface area (Å²) in [5.74, 6) is 2.60. The van der Waals surface area contributed by atoms with E-state index in [1.54, 1.807) is 24.9 Å². The van der Waals surface area contributed by atoms with Gasteiger partial charge in [-0.2, -0.15) is 14.6 Å². The molecule has 8 heteroatoms. The zero-order valence-corrected chi connectivity index (χ0v) is 16.8. The lowest BCUT2D eigenvalue weighted by molar-refractivity contribution is 0.355. The zero-order chi connectivity index (χ0) is 20.4. The fraction of sp³-hybridized carbons (Fsp3) is 0.238. The van der Waals surface area contributed by atoms with Crippen molar-refractivity contribution in [2.75, 3.05) is 19.5 Å². The maximum absolute atomic E-state index is 5.46. The number of hydrogen-bond donors (Lipinski definition) is 1. The van der Waals surface area contributed by atoms with Gasteiger partial charge in [0.1, 0.15) is 5.82 Å². The van der Waals surface area contributed by atoms with Crippen LogP contribution in [0.2, 0.25) is 0 Å². The second-order valence-electron chi connectivity index (χ2n) is 6.53. The summed E-state index contributed by atoms with van der Waals surface area (Å²) in [5, 5.41) is 8.00. The average molecular weight is 390 g/mol. The van der Waals surface area contributed by atoms with Crippen LogP contribution in [0.3, 0.4) is 0 Å². The Morgan fingerprint density at radius 1 is 1.00 bits per heavy atom. The molecule has 8 nitrogen and oxygen atoms in total.